The van der Waals surface area contributed by atoms with E-state index in [0.29, 0.717) is 5.54 Å². The maximum absolute atomic E-state index is 6.12. The van der Waals surface area contributed by atoms with Gasteiger partial charge in [-0.3, -0.25) is 4.99 Å². The van der Waals surface area contributed by atoms with Crippen LogP contribution in [0.15, 0.2) is 4.99 Å². The van der Waals surface area contributed by atoms with Gasteiger partial charge in [-0.2, -0.15) is 0 Å². The van der Waals surface area contributed by atoms with E-state index in [1.54, 1.807) is 0 Å². The molecule has 17 heavy (non-hydrogen) atoms. The summed E-state index contributed by atoms with van der Waals surface area (Å²) < 4.78 is 0. The normalized spacial score (nSPS) is 42.0. The van der Waals surface area contributed by atoms with Crippen LogP contribution in [0, 0.1) is 17.8 Å². The Morgan fingerprint density at radius 2 is 2.06 bits per heavy atom. The maximum Gasteiger partial charge on any atom is 0.191 e. The summed E-state index contributed by atoms with van der Waals surface area (Å²) in [5, 5.41) is 0. The summed E-state index contributed by atoms with van der Waals surface area (Å²) in [5.74, 6) is 3.39. The maximum atomic E-state index is 6.12. The molecular formula is C14H25N3. The van der Waals surface area contributed by atoms with E-state index >= 15 is 0 Å². The third kappa shape index (κ3) is 1.94. The van der Waals surface area contributed by atoms with Crippen molar-refractivity contribution in [3.05, 3.63) is 0 Å². The molecule has 0 aromatic rings. The highest BCUT2D eigenvalue weighted by Crippen LogP contribution is 2.44. The molecule has 3 rings (SSSR count). The first-order chi connectivity index (χ1) is 8.11. The second kappa shape index (κ2) is 3.89. The first-order valence-corrected chi connectivity index (χ1v) is 7.18. The molecule has 3 heteroatoms. The molecule has 1 spiro atoms. The Labute approximate surface area is 104 Å². The third-order valence-corrected chi connectivity index (χ3v) is 5.26. The van der Waals surface area contributed by atoms with E-state index in [9.17, 15) is 0 Å². The Balaban J connectivity index is 1.76. The molecule has 1 aliphatic heterocycles. The molecule has 2 N–H and O–H groups in total. The van der Waals surface area contributed by atoms with Gasteiger partial charge in [0, 0.05) is 6.54 Å². The summed E-state index contributed by atoms with van der Waals surface area (Å²) in [6.07, 6.45) is 6.70. The number of nitrogens with zero attached hydrogens (tertiary/aromatic N) is 2. The Kier molecular flexibility index (Phi) is 2.60. The lowest BCUT2D eigenvalue weighted by atomic mass is 9.70. The molecule has 0 aromatic carbocycles. The zero-order chi connectivity index (χ0) is 12.0. The lowest BCUT2D eigenvalue weighted by molar-refractivity contribution is 0.0810. The van der Waals surface area contributed by atoms with E-state index < -0.39 is 0 Å². The van der Waals surface area contributed by atoms with Gasteiger partial charge in [0.2, 0.25) is 0 Å². The molecule has 1 heterocycles. The van der Waals surface area contributed by atoms with Crippen molar-refractivity contribution in [1.29, 1.82) is 0 Å². The second-order valence-electron chi connectivity index (χ2n) is 6.65. The van der Waals surface area contributed by atoms with E-state index in [0.717, 1.165) is 36.8 Å². The first kappa shape index (κ1) is 11.4. The molecule has 0 amide bonds. The minimum atomic E-state index is 0.290. The van der Waals surface area contributed by atoms with Crippen LogP contribution in [0.3, 0.4) is 0 Å². The molecule has 3 aliphatic rings. The van der Waals surface area contributed by atoms with Crippen LogP contribution in [-0.4, -0.2) is 29.5 Å². The number of rotatable bonds is 2. The van der Waals surface area contributed by atoms with Gasteiger partial charge in [0.25, 0.3) is 0 Å². The van der Waals surface area contributed by atoms with Gasteiger partial charge in [-0.05, 0) is 49.9 Å². The summed E-state index contributed by atoms with van der Waals surface area (Å²) >= 11 is 0. The minimum absolute atomic E-state index is 0.290. The van der Waals surface area contributed by atoms with Crippen molar-refractivity contribution in [3.63, 3.8) is 0 Å². The summed E-state index contributed by atoms with van der Waals surface area (Å²) in [7, 11) is 0. The van der Waals surface area contributed by atoms with E-state index in [-0.39, 0.29) is 0 Å². The molecule has 2 aliphatic carbocycles. The molecule has 3 nitrogen and oxygen atoms in total. The average molecular weight is 235 g/mol. The number of aliphatic imine (C=N–C) groups is 1. The largest absolute Gasteiger partial charge is 0.370 e. The number of nitrogens with two attached hydrogens (primary N) is 1. The molecule has 2 saturated carbocycles. The Morgan fingerprint density at radius 1 is 1.29 bits per heavy atom. The van der Waals surface area contributed by atoms with Gasteiger partial charge in [-0.1, -0.05) is 13.8 Å². The summed E-state index contributed by atoms with van der Waals surface area (Å²) in [5.41, 5.74) is 6.41. The van der Waals surface area contributed by atoms with Gasteiger partial charge >= 0.3 is 0 Å². The summed E-state index contributed by atoms with van der Waals surface area (Å²) in [6.45, 7) is 6.90. The van der Waals surface area contributed by atoms with Crippen molar-refractivity contribution >= 4 is 5.96 Å². The third-order valence-electron chi connectivity index (χ3n) is 5.26. The predicted molar refractivity (Wildman–Crippen MR) is 70.8 cm³/mol. The van der Waals surface area contributed by atoms with Gasteiger partial charge in [0.1, 0.15) is 0 Å². The minimum Gasteiger partial charge on any atom is -0.370 e. The molecule has 0 aromatic heterocycles. The van der Waals surface area contributed by atoms with Crippen LogP contribution in [0.1, 0.15) is 46.0 Å². The van der Waals surface area contributed by atoms with Crippen LogP contribution in [0.4, 0.5) is 0 Å². The Morgan fingerprint density at radius 3 is 2.71 bits per heavy atom. The fraction of sp³-hybridized carbons (Fsp3) is 0.929. The average Bonchev–Trinajstić information content (AvgIpc) is 3.07. The number of hydrogen-bond donors (Lipinski definition) is 1. The summed E-state index contributed by atoms with van der Waals surface area (Å²) in [4.78, 5) is 7.02. The highest BCUT2D eigenvalue weighted by Gasteiger charge is 2.47. The van der Waals surface area contributed by atoms with E-state index in [4.69, 9.17) is 5.73 Å². The highest BCUT2D eigenvalue weighted by molar-refractivity contribution is 5.81. The van der Waals surface area contributed by atoms with Crippen LogP contribution in [0.5, 0.6) is 0 Å². The smallest absolute Gasteiger partial charge is 0.191 e. The van der Waals surface area contributed by atoms with Gasteiger partial charge < -0.3 is 10.6 Å². The van der Waals surface area contributed by atoms with E-state index in [2.05, 4.69) is 23.7 Å². The standard InChI is InChI=1S/C14H25N3/c1-10-5-6-14(7-11(10)2)9-16-13(15)17(14)8-12-3-4-12/h10-12H,3-9H2,1-2H3,(H2,15,16). The lowest BCUT2D eigenvalue weighted by Gasteiger charge is -2.46. The molecule has 0 bridgehead atoms. The zero-order valence-corrected chi connectivity index (χ0v) is 11.2. The topological polar surface area (TPSA) is 41.6 Å². The fourth-order valence-electron chi connectivity index (χ4n) is 3.56. The SMILES string of the molecule is CC1CCC2(CN=C(N)N2CC2CC2)CC1C. The number of guanidine groups is 1. The van der Waals surface area contributed by atoms with Crippen LogP contribution in [-0.2, 0) is 0 Å². The Hall–Kier alpha value is -0.730. The number of hydrogen-bond acceptors (Lipinski definition) is 3. The first-order valence-electron chi connectivity index (χ1n) is 7.18. The van der Waals surface area contributed by atoms with Crippen LogP contribution >= 0.6 is 0 Å². The van der Waals surface area contributed by atoms with Gasteiger partial charge in [-0.15, -0.1) is 0 Å². The van der Waals surface area contributed by atoms with Crippen LogP contribution in [0.25, 0.3) is 0 Å². The van der Waals surface area contributed by atoms with Crippen LogP contribution < -0.4 is 5.73 Å². The monoisotopic (exact) mass is 235 g/mol. The zero-order valence-electron chi connectivity index (χ0n) is 11.2. The van der Waals surface area contributed by atoms with E-state index in [1.165, 1.54) is 32.1 Å². The van der Waals surface area contributed by atoms with Crippen molar-refractivity contribution in [2.45, 2.75) is 51.5 Å². The molecule has 3 unspecified atom stereocenters. The lowest BCUT2D eigenvalue weighted by Crippen LogP contribution is -2.55. The van der Waals surface area contributed by atoms with Crippen molar-refractivity contribution < 1.29 is 0 Å². The predicted octanol–water partition coefficient (Wildman–Crippen LogP) is 2.22. The molecule has 96 valence electrons. The fourth-order valence-corrected chi connectivity index (χ4v) is 3.56. The highest BCUT2D eigenvalue weighted by atomic mass is 15.4. The van der Waals surface area contributed by atoms with Crippen LogP contribution in [0.2, 0.25) is 0 Å². The molecule has 2 fully saturated rings. The second-order valence-corrected chi connectivity index (χ2v) is 6.65. The Bertz CT molecular complexity index is 334. The molecular weight excluding hydrogens is 210 g/mol. The van der Waals surface area contributed by atoms with Crippen molar-refractivity contribution in [1.82, 2.24) is 4.90 Å². The molecule has 3 atom stereocenters. The van der Waals surface area contributed by atoms with Gasteiger partial charge in [0.05, 0.1) is 12.1 Å². The van der Waals surface area contributed by atoms with Crippen molar-refractivity contribution in [3.8, 4) is 0 Å². The van der Waals surface area contributed by atoms with Crippen molar-refractivity contribution in [2.24, 2.45) is 28.5 Å². The molecule has 0 saturated heterocycles. The van der Waals surface area contributed by atoms with Crippen molar-refractivity contribution in [2.75, 3.05) is 13.1 Å². The summed E-state index contributed by atoms with van der Waals surface area (Å²) in [6, 6.07) is 0. The van der Waals surface area contributed by atoms with E-state index in [1.807, 2.05) is 0 Å². The van der Waals surface area contributed by atoms with Gasteiger partial charge in [0.15, 0.2) is 5.96 Å². The quantitative estimate of drug-likeness (QED) is 0.797. The molecule has 0 radical (unpaired) electrons. The van der Waals surface area contributed by atoms with Gasteiger partial charge in [-0.25, -0.2) is 0 Å².